The minimum atomic E-state index is -0.130. The van der Waals surface area contributed by atoms with E-state index in [0.717, 1.165) is 16.9 Å². The summed E-state index contributed by atoms with van der Waals surface area (Å²) in [5.74, 6) is 2.51. The van der Waals surface area contributed by atoms with Crippen molar-refractivity contribution in [1.82, 2.24) is 16.0 Å². The zero-order chi connectivity index (χ0) is 21.1. The van der Waals surface area contributed by atoms with Crippen LogP contribution in [0.2, 0.25) is 0 Å². The second-order valence-electron chi connectivity index (χ2n) is 6.09. The van der Waals surface area contributed by atoms with Crippen molar-refractivity contribution >= 4 is 35.8 Å². The molecular weight excluding hydrogens is 499 g/mol. The summed E-state index contributed by atoms with van der Waals surface area (Å²) in [6.45, 7) is 1.08. The number of methoxy groups -OCH3 is 3. The van der Waals surface area contributed by atoms with Crippen LogP contribution >= 0.6 is 24.0 Å². The average Bonchev–Trinajstić information content (AvgIpc) is 2.77. The number of nitrogens with zero attached hydrogens (tertiary/aromatic N) is 1. The van der Waals surface area contributed by atoms with Crippen molar-refractivity contribution < 1.29 is 19.0 Å². The van der Waals surface area contributed by atoms with Crippen molar-refractivity contribution in [2.75, 3.05) is 34.9 Å². The Labute approximate surface area is 194 Å². The Morgan fingerprint density at radius 1 is 0.833 bits per heavy atom. The number of hydrogen-bond acceptors (Lipinski definition) is 5. The van der Waals surface area contributed by atoms with Crippen molar-refractivity contribution in [1.29, 1.82) is 0 Å². The molecule has 0 atom stereocenters. The predicted octanol–water partition coefficient (Wildman–Crippen LogP) is 2.31. The van der Waals surface area contributed by atoms with Gasteiger partial charge in [-0.3, -0.25) is 9.79 Å². The van der Waals surface area contributed by atoms with Crippen LogP contribution in [0.25, 0.3) is 0 Å². The van der Waals surface area contributed by atoms with Gasteiger partial charge in [-0.15, -0.1) is 24.0 Å². The summed E-state index contributed by atoms with van der Waals surface area (Å²) in [6.07, 6.45) is 0. The topological polar surface area (TPSA) is 93.2 Å². The van der Waals surface area contributed by atoms with Gasteiger partial charge in [0, 0.05) is 20.1 Å². The Hall–Kier alpha value is -2.69. The highest BCUT2D eigenvalue weighted by Crippen LogP contribution is 2.27. The molecule has 0 spiro atoms. The maximum Gasteiger partial charge on any atom is 0.239 e. The van der Waals surface area contributed by atoms with Gasteiger partial charge in [0.15, 0.2) is 17.5 Å². The van der Waals surface area contributed by atoms with Crippen molar-refractivity contribution in [3.63, 3.8) is 0 Å². The Morgan fingerprint density at radius 3 is 2.07 bits per heavy atom. The quantitative estimate of drug-likeness (QED) is 0.263. The van der Waals surface area contributed by atoms with E-state index in [-0.39, 0.29) is 36.4 Å². The second kappa shape index (κ2) is 13.5. The lowest BCUT2D eigenvalue weighted by atomic mass is 10.2. The molecule has 0 heterocycles. The van der Waals surface area contributed by atoms with Crippen LogP contribution in [0.4, 0.5) is 0 Å². The normalized spacial score (nSPS) is 10.5. The number of carbonyl (C=O) groups excluding carboxylic acids is 1. The Morgan fingerprint density at radius 2 is 1.47 bits per heavy atom. The van der Waals surface area contributed by atoms with Gasteiger partial charge in [0.25, 0.3) is 0 Å². The fraction of sp³-hybridized carbons (Fsp3) is 0.333. The van der Waals surface area contributed by atoms with Gasteiger partial charge in [-0.05, 0) is 35.4 Å². The first kappa shape index (κ1) is 25.3. The molecule has 3 N–H and O–H groups in total. The van der Waals surface area contributed by atoms with Gasteiger partial charge in [0.2, 0.25) is 5.91 Å². The molecule has 0 radical (unpaired) electrons. The maximum absolute atomic E-state index is 12.1. The molecule has 2 aromatic carbocycles. The molecule has 0 aromatic heterocycles. The molecule has 0 unspecified atom stereocenters. The molecule has 164 valence electrons. The Bertz CT molecular complexity index is 828. The first-order chi connectivity index (χ1) is 14.1. The number of nitrogens with one attached hydrogen (secondary N) is 3. The third kappa shape index (κ3) is 7.97. The fourth-order valence-corrected chi connectivity index (χ4v) is 2.57. The molecule has 8 nitrogen and oxygen atoms in total. The number of hydrogen-bond donors (Lipinski definition) is 3. The summed E-state index contributed by atoms with van der Waals surface area (Å²) in [5.41, 5.74) is 1.99. The van der Waals surface area contributed by atoms with E-state index >= 15 is 0 Å². The van der Waals surface area contributed by atoms with Gasteiger partial charge < -0.3 is 30.2 Å². The van der Waals surface area contributed by atoms with E-state index in [9.17, 15) is 4.79 Å². The molecule has 0 bridgehead atoms. The Balaban J connectivity index is 0.00000450. The van der Waals surface area contributed by atoms with E-state index < -0.39 is 0 Å². The second-order valence-corrected chi connectivity index (χ2v) is 6.09. The molecule has 1 amide bonds. The van der Waals surface area contributed by atoms with E-state index in [1.807, 2.05) is 42.5 Å². The summed E-state index contributed by atoms with van der Waals surface area (Å²) in [4.78, 5) is 16.2. The molecule has 2 rings (SSSR count). The minimum Gasteiger partial charge on any atom is -0.497 e. The van der Waals surface area contributed by atoms with Crippen molar-refractivity contribution in [3.05, 3.63) is 53.6 Å². The molecule has 0 aliphatic carbocycles. The number of guanidine groups is 1. The van der Waals surface area contributed by atoms with Crippen molar-refractivity contribution in [2.24, 2.45) is 4.99 Å². The van der Waals surface area contributed by atoms with Crippen molar-refractivity contribution in [2.45, 2.75) is 13.1 Å². The van der Waals surface area contributed by atoms with Gasteiger partial charge in [0.05, 0.1) is 27.9 Å². The first-order valence-corrected chi connectivity index (χ1v) is 9.14. The number of halogens is 1. The van der Waals surface area contributed by atoms with Crippen molar-refractivity contribution in [3.8, 4) is 17.2 Å². The van der Waals surface area contributed by atoms with Crippen LogP contribution in [-0.4, -0.2) is 46.8 Å². The highest BCUT2D eigenvalue weighted by atomic mass is 127. The number of carbonyl (C=O) groups is 1. The van der Waals surface area contributed by atoms with Crippen LogP contribution in [0, 0.1) is 0 Å². The van der Waals surface area contributed by atoms with Crippen LogP contribution in [0.1, 0.15) is 11.1 Å². The molecule has 0 saturated heterocycles. The average molecular weight is 528 g/mol. The number of rotatable bonds is 9. The lowest BCUT2D eigenvalue weighted by molar-refractivity contribution is -0.120. The largest absolute Gasteiger partial charge is 0.497 e. The highest BCUT2D eigenvalue weighted by Gasteiger charge is 2.07. The smallest absolute Gasteiger partial charge is 0.239 e. The van der Waals surface area contributed by atoms with Crippen LogP contribution in [0.15, 0.2) is 47.5 Å². The molecule has 0 fully saturated rings. The number of amides is 1. The number of benzene rings is 2. The van der Waals surface area contributed by atoms with Crippen LogP contribution in [0.3, 0.4) is 0 Å². The van der Waals surface area contributed by atoms with E-state index in [1.54, 1.807) is 28.4 Å². The third-order valence-electron chi connectivity index (χ3n) is 4.20. The van der Waals surface area contributed by atoms with Crippen LogP contribution in [-0.2, 0) is 17.9 Å². The summed E-state index contributed by atoms with van der Waals surface area (Å²) in [5, 5.41) is 9.02. The zero-order valence-electron chi connectivity index (χ0n) is 17.7. The summed E-state index contributed by atoms with van der Waals surface area (Å²) in [7, 11) is 6.47. The maximum atomic E-state index is 12.1. The third-order valence-corrected chi connectivity index (χ3v) is 4.20. The lowest BCUT2D eigenvalue weighted by Crippen LogP contribution is -2.42. The van der Waals surface area contributed by atoms with E-state index in [4.69, 9.17) is 14.2 Å². The highest BCUT2D eigenvalue weighted by molar-refractivity contribution is 14.0. The van der Waals surface area contributed by atoms with Gasteiger partial charge in [0.1, 0.15) is 5.75 Å². The molecule has 0 aliphatic rings. The zero-order valence-corrected chi connectivity index (χ0v) is 20.0. The summed E-state index contributed by atoms with van der Waals surface area (Å²) in [6, 6.07) is 13.2. The first-order valence-electron chi connectivity index (χ1n) is 9.14. The van der Waals surface area contributed by atoms with Gasteiger partial charge in [-0.25, -0.2) is 0 Å². The molecule has 0 aliphatic heterocycles. The Kier molecular flexibility index (Phi) is 11.4. The van der Waals surface area contributed by atoms with E-state index in [1.165, 1.54) is 0 Å². The number of ether oxygens (including phenoxy) is 3. The van der Waals surface area contributed by atoms with Gasteiger partial charge in [-0.2, -0.15) is 0 Å². The SMILES string of the molecule is CN=C(NCC(=O)NCc1ccc(OC)cc1)NCc1ccc(OC)c(OC)c1.I. The van der Waals surface area contributed by atoms with Gasteiger partial charge >= 0.3 is 0 Å². The molecule has 30 heavy (non-hydrogen) atoms. The molecular formula is C21H29IN4O4. The predicted molar refractivity (Wildman–Crippen MR) is 128 cm³/mol. The number of aliphatic imine (C=N–C) groups is 1. The molecule has 9 heteroatoms. The van der Waals surface area contributed by atoms with E-state index in [0.29, 0.717) is 30.5 Å². The van der Waals surface area contributed by atoms with E-state index in [2.05, 4.69) is 20.9 Å². The molecule has 0 saturated carbocycles. The standard InChI is InChI=1S/C21H28N4O4.HI/c1-22-21(24-13-16-7-10-18(28-3)19(11-16)29-4)25-14-20(26)23-12-15-5-8-17(27-2)9-6-15;/h5-11H,12-14H2,1-4H3,(H,23,26)(H2,22,24,25);1H. The lowest BCUT2D eigenvalue weighted by Gasteiger charge is -2.13. The monoisotopic (exact) mass is 528 g/mol. The van der Waals surface area contributed by atoms with Crippen LogP contribution in [0.5, 0.6) is 17.2 Å². The fourth-order valence-electron chi connectivity index (χ4n) is 2.57. The summed E-state index contributed by atoms with van der Waals surface area (Å²) >= 11 is 0. The molecule has 2 aromatic rings. The summed E-state index contributed by atoms with van der Waals surface area (Å²) < 4.78 is 15.7. The minimum absolute atomic E-state index is 0. The van der Waals surface area contributed by atoms with Gasteiger partial charge in [-0.1, -0.05) is 18.2 Å². The van der Waals surface area contributed by atoms with Crippen LogP contribution < -0.4 is 30.2 Å².